The van der Waals surface area contributed by atoms with Crippen LogP contribution in [0.2, 0.25) is 0 Å². The van der Waals surface area contributed by atoms with E-state index in [1.54, 1.807) is 18.2 Å². The molecule has 1 saturated heterocycles. The Hall–Kier alpha value is -2.18. The highest BCUT2D eigenvalue weighted by Crippen LogP contribution is 2.33. The highest BCUT2D eigenvalue weighted by Gasteiger charge is 2.41. The van der Waals surface area contributed by atoms with Gasteiger partial charge >= 0.3 is 0 Å². The summed E-state index contributed by atoms with van der Waals surface area (Å²) in [6.07, 6.45) is 1.34. The minimum atomic E-state index is -3.60. The normalized spacial score (nSPS) is 21.0. The van der Waals surface area contributed by atoms with Crippen LogP contribution in [0, 0.1) is 12.3 Å². The largest absolute Gasteiger partial charge is 0.352 e. The molecule has 3 rings (SSSR count). The predicted octanol–water partition coefficient (Wildman–Crippen LogP) is 3.10. The van der Waals surface area contributed by atoms with E-state index in [0.29, 0.717) is 25.9 Å². The molecular formula is C21H26N2O3S. The summed E-state index contributed by atoms with van der Waals surface area (Å²) in [5, 5.41) is 2.97. The fraction of sp³-hybridized carbons (Fsp3) is 0.381. The molecule has 1 aliphatic heterocycles. The van der Waals surface area contributed by atoms with Gasteiger partial charge in [0, 0.05) is 19.6 Å². The molecule has 0 saturated carbocycles. The van der Waals surface area contributed by atoms with E-state index >= 15 is 0 Å². The zero-order chi connectivity index (χ0) is 19.5. The molecule has 0 aliphatic carbocycles. The highest BCUT2D eigenvalue weighted by molar-refractivity contribution is 7.89. The predicted molar refractivity (Wildman–Crippen MR) is 106 cm³/mol. The zero-order valence-electron chi connectivity index (χ0n) is 15.8. The highest BCUT2D eigenvalue weighted by atomic mass is 32.2. The number of aryl methyl sites for hydroxylation is 1. The summed E-state index contributed by atoms with van der Waals surface area (Å²) < 4.78 is 27.5. The molecule has 0 aromatic heterocycles. The quantitative estimate of drug-likeness (QED) is 0.859. The number of nitrogens with zero attached hydrogens (tertiary/aromatic N) is 1. The third-order valence-electron chi connectivity index (χ3n) is 5.13. The van der Waals surface area contributed by atoms with Gasteiger partial charge in [0.1, 0.15) is 0 Å². The molecule has 144 valence electrons. The lowest BCUT2D eigenvalue weighted by molar-refractivity contribution is -0.132. The second-order valence-corrected chi connectivity index (χ2v) is 9.43. The Morgan fingerprint density at radius 2 is 1.89 bits per heavy atom. The average Bonchev–Trinajstić information content (AvgIpc) is 2.67. The van der Waals surface area contributed by atoms with Gasteiger partial charge in [-0.2, -0.15) is 4.31 Å². The number of hydrogen-bond acceptors (Lipinski definition) is 3. The molecule has 5 nitrogen and oxygen atoms in total. The molecule has 1 atom stereocenters. The van der Waals surface area contributed by atoms with Crippen molar-refractivity contribution < 1.29 is 13.2 Å². The molecule has 1 unspecified atom stereocenters. The monoisotopic (exact) mass is 386 g/mol. The lowest BCUT2D eigenvalue weighted by atomic mass is 9.82. The maximum Gasteiger partial charge on any atom is 0.243 e. The summed E-state index contributed by atoms with van der Waals surface area (Å²) in [6.45, 7) is 4.81. The summed E-state index contributed by atoms with van der Waals surface area (Å²) in [6, 6.07) is 16.6. The number of benzene rings is 2. The van der Waals surface area contributed by atoms with Crippen molar-refractivity contribution in [1.29, 1.82) is 0 Å². The van der Waals surface area contributed by atoms with Crippen LogP contribution in [0.5, 0.6) is 0 Å². The maximum absolute atomic E-state index is 13.0. The molecule has 1 fully saturated rings. The lowest BCUT2D eigenvalue weighted by Crippen LogP contribution is -2.51. The summed E-state index contributed by atoms with van der Waals surface area (Å²) in [5.74, 6) is -0.101. The van der Waals surface area contributed by atoms with E-state index in [1.165, 1.54) is 4.31 Å². The first-order valence-corrected chi connectivity index (χ1v) is 10.6. The minimum absolute atomic E-state index is 0.101. The fourth-order valence-corrected chi connectivity index (χ4v) is 5.21. The Morgan fingerprint density at radius 3 is 2.59 bits per heavy atom. The number of sulfonamides is 1. The smallest absolute Gasteiger partial charge is 0.243 e. The Labute approximate surface area is 161 Å². The summed E-state index contributed by atoms with van der Waals surface area (Å²) >= 11 is 0. The first-order chi connectivity index (χ1) is 12.8. The molecule has 2 aromatic carbocycles. The molecule has 6 heteroatoms. The van der Waals surface area contributed by atoms with Crippen molar-refractivity contribution in [3.8, 4) is 0 Å². The van der Waals surface area contributed by atoms with Gasteiger partial charge in [-0.05, 0) is 49.9 Å². The van der Waals surface area contributed by atoms with E-state index in [2.05, 4.69) is 5.32 Å². The van der Waals surface area contributed by atoms with Crippen LogP contribution in [-0.4, -0.2) is 31.7 Å². The maximum atomic E-state index is 13.0. The average molecular weight is 387 g/mol. The molecule has 0 radical (unpaired) electrons. The van der Waals surface area contributed by atoms with Crippen LogP contribution >= 0.6 is 0 Å². The second kappa shape index (κ2) is 7.82. The summed E-state index contributed by atoms with van der Waals surface area (Å²) in [7, 11) is -3.60. The SMILES string of the molecule is Cc1cccc(S(=O)(=O)N2CCCC(C)(C(=O)NCc3ccccc3)C2)c1. The van der Waals surface area contributed by atoms with E-state index in [0.717, 1.165) is 11.1 Å². The van der Waals surface area contributed by atoms with Crippen LogP contribution in [0.25, 0.3) is 0 Å². The van der Waals surface area contributed by atoms with Gasteiger partial charge in [-0.1, -0.05) is 42.5 Å². The van der Waals surface area contributed by atoms with Crippen molar-refractivity contribution in [2.24, 2.45) is 5.41 Å². The van der Waals surface area contributed by atoms with Crippen molar-refractivity contribution >= 4 is 15.9 Å². The van der Waals surface area contributed by atoms with Gasteiger partial charge in [0.2, 0.25) is 15.9 Å². The first kappa shape index (κ1) is 19.6. The van der Waals surface area contributed by atoms with Gasteiger partial charge in [0.05, 0.1) is 10.3 Å². The first-order valence-electron chi connectivity index (χ1n) is 9.20. The van der Waals surface area contributed by atoms with Gasteiger partial charge in [-0.15, -0.1) is 0 Å². The lowest BCUT2D eigenvalue weighted by Gasteiger charge is -2.38. The van der Waals surface area contributed by atoms with Gasteiger partial charge in [0.25, 0.3) is 0 Å². The van der Waals surface area contributed by atoms with Gasteiger partial charge in [0.15, 0.2) is 0 Å². The number of carbonyl (C=O) groups excluding carboxylic acids is 1. The Balaban J connectivity index is 1.73. The molecule has 0 spiro atoms. The Kier molecular flexibility index (Phi) is 5.67. The van der Waals surface area contributed by atoms with Crippen molar-refractivity contribution in [2.45, 2.75) is 38.1 Å². The van der Waals surface area contributed by atoms with E-state index in [1.807, 2.05) is 50.2 Å². The number of carbonyl (C=O) groups is 1. The Morgan fingerprint density at radius 1 is 1.15 bits per heavy atom. The van der Waals surface area contributed by atoms with Crippen molar-refractivity contribution in [3.63, 3.8) is 0 Å². The third kappa shape index (κ3) is 4.39. The summed E-state index contributed by atoms with van der Waals surface area (Å²) in [5.41, 5.74) is 1.19. The Bertz CT molecular complexity index is 912. The molecule has 1 heterocycles. The second-order valence-electron chi connectivity index (χ2n) is 7.49. The molecule has 2 aromatic rings. The number of rotatable bonds is 5. The molecule has 1 amide bonds. The van der Waals surface area contributed by atoms with E-state index in [4.69, 9.17) is 0 Å². The number of nitrogens with one attached hydrogen (secondary N) is 1. The molecule has 1 aliphatic rings. The number of hydrogen-bond donors (Lipinski definition) is 1. The van der Waals surface area contributed by atoms with Crippen LogP contribution in [0.1, 0.15) is 30.9 Å². The van der Waals surface area contributed by atoms with Gasteiger partial charge in [-0.25, -0.2) is 8.42 Å². The van der Waals surface area contributed by atoms with Crippen molar-refractivity contribution in [3.05, 3.63) is 65.7 Å². The molecular weight excluding hydrogens is 360 g/mol. The molecule has 0 bridgehead atoms. The van der Waals surface area contributed by atoms with Crippen molar-refractivity contribution in [1.82, 2.24) is 9.62 Å². The molecule has 1 N–H and O–H groups in total. The van der Waals surface area contributed by atoms with Crippen LogP contribution in [0.15, 0.2) is 59.5 Å². The van der Waals surface area contributed by atoms with Crippen LogP contribution in [-0.2, 0) is 21.4 Å². The van der Waals surface area contributed by atoms with E-state index in [-0.39, 0.29) is 17.3 Å². The van der Waals surface area contributed by atoms with Crippen molar-refractivity contribution in [2.75, 3.05) is 13.1 Å². The standard InChI is InChI=1S/C21H26N2O3S/c1-17-8-6-11-19(14-17)27(25,26)23-13-7-12-21(2,16-23)20(24)22-15-18-9-4-3-5-10-18/h3-6,8-11,14H,7,12-13,15-16H2,1-2H3,(H,22,24). The van der Waals surface area contributed by atoms with Gasteiger partial charge < -0.3 is 5.32 Å². The summed E-state index contributed by atoms with van der Waals surface area (Å²) in [4.78, 5) is 13.1. The van der Waals surface area contributed by atoms with Crippen LogP contribution in [0.4, 0.5) is 0 Å². The zero-order valence-corrected chi connectivity index (χ0v) is 16.6. The number of piperidine rings is 1. The van der Waals surface area contributed by atoms with Crippen LogP contribution in [0.3, 0.4) is 0 Å². The van der Waals surface area contributed by atoms with Gasteiger partial charge in [-0.3, -0.25) is 4.79 Å². The van der Waals surface area contributed by atoms with Crippen LogP contribution < -0.4 is 5.32 Å². The minimum Gasteiger partial charge on any atom is -0.352 e. The topological polar surface area (TPSA) is 66.5 Å². The fourth-order valence-electron chi connectivity index (χ4n) is 3.50. The molecule has 27 heavy (non-hydrogen) atoms. The number of amides is 1. The third-order valence-corrected chi connectivity index (χ3v) is 6.97. The van der Waals surface area contributed by atoms with E-state index < -0.39 is 15.4 Å². The van der Waals surface area contributed by atoms with E-state index in [9.17, 15) is 13.2 Å².